The van der Waals surface area contributed by atoms with Crippen LogP contribution in [0.4, 0.5) is 0 Å². The predicted molar refractivity (Wildman–Crippen MR) is 46.1 cm³/mol. The number of rotatable bonds is 0. The summed E-state index contributed by atoms with van der Waals surface area (Å²) in [7, 11) is 0. The van der Waals surface area contributed by atoms with Crippen molar-refractivity contribution in [2.75, 3.05) is 13.1 Å². The van der Waals surface area contributed by atoms with E-state index in [9.17, 15) is 0 Å². The molecule has 0 amide bonds. The van der Waals surface area contributed by atoms with Crippen molar-refractivity contribution in [3.8, 4) is 0 Å². The van der Waals surface area contributed by atoms with Crippen LogP contribution in [0.5, 0.6) is 0 Å². The zero-order valence-corrected chi connectivity index (χ0v) is 7.05. The molecule has 2 aliphatic rings. The van der Waals surface area contributed by atoms with Crippen LogP contribution in [0.25, 0.3) is 0 Å². The fraction of sp³-hybridized carbons (Fsp3) is 0.889. The van der Waals surface area contributed by atoms with Crippen LogP contribution in [0.1, 0.15) is 32.1 Å². The van der Waals surface area contributed by atoms with Crippen molar-refractivity contribution in [1.29, 1.82) is 0 Å². The third-order valence-corrected chi connectivity index (χ3v) is 2.67. The van der Waals surface area contributed by atoms with Gasteiger partial charge in [-0.2, -0.15) is 0 Å². The van der Waals surface area contributed by atoms with Gasteiger partial charge < -0.3 is 0 Å². The quantitative estimate of drug-likeness (QED) is 0.512. The van der Waals surface area contributed by atoms with Gasteiger partial charge in [0.15, 0.2) is 0 Å². The molecular formula is C9H17N2+. The van der Waals surface area contributed by atoms with E-state index in [1.165, 1.54) is 45.2 Å². The second kappa shape index (κ2) is 3.35. The minimum absolute atomic E-state index is 0.672. The first-order valence-corrected chi connectivity index (χ1v) is 4.79. The number of nitrogens with zero attached hydrogens (tertiary/aromatic N) is 1. The highest BCUT2D eigenvalue weighted by Crippen LogP contribution is 2.11. The molecule has 0 spiro atoms. The molecule has 0 aromatic carbocycles. The highest BCUT2D eigenvalue weighted by atomic mass is 15.2. The van der Waals surface area contributed by atoms with Crippen molar-refractivity contribution in [3.05, 3.63) is 0 Å². The topological polar surface area (TPSA) is 15.0 Å². The highest BCUT2D eigenvalue weighted by molar-refractivity contribution is 5.51. The first-order valence-electron chi connectivity index (χ1n) is 4.79. The minimum Gasteiger partial charge on any atom is -0.259 e. The van der Waals surface area contributed by atoms with Gasteiger partial charge in [0, 0.05) is 25.8 Å². The van der Waals surface area contributed by atoms with Gasteiger partial charge in [0.25, 0.3) is 0 Å². The molecule has 2 heteroatoms. The van der Waals surface area contributed by atoms with Crippen molar-refractivity contribution in [3.63, 3.8) is 0 Å². The Labute approximate surface area is 68.3 Å². The number of fused-ring (bicyclic) bond motifs is 1. The highest BCUT2D eigenvalue weighted by Gasteiger charge is 2.24. The van der Waals surface area contributed by atoms with Crippen LogP contribution < -0.4 is 5.32 Å². The molecule has 2 heterocycles. The van der Waals surface area contributed by atoms with E-state index in [0.717, 1.165) is 0 Å². The van der Waals surface area contributed by atoms with Crippen molar-refractivity contribution >= 4 is 6.21 Å². The van der Waals surface area contributed by atoms with Gasteiger partial charge in [-0.1, -0.05) is 0 Å². The van der Waals surface area contributed by atoms with Gasteiger partial charge in [0.2, 0.25) is 6.17 Å². The van der Waals surface area contributed by atoms with E-state index in [2.05, 4.69) is 16.1 Å². The van der Waals surface area contributed by atoms with Crippen LogP contribution >= 0.6 is 0 Å². The summed E-state index contributed by atoms with van der Waals surface area (Å²) in [6, 6.07) is 0. The molecule has 0 bridgehead atoms. The maximum absolute atomic E-state index is 3.56. The van der Waals surface area contributed by atoms with E-state index in [1.54, 1.807) is 0 Å². The Kier molecular flexibility index (Phi) is 2.22. The van der Waals surface area contributed by atoms with Crippen LogP contribution in [0.2, 0.25) is 0 Å². The lowest BCUT2D eigenvalue weighted by molar-refractivity contribution is -0.578. The maximum atomic E-state index is 3.56. The predicted octanol–water partition coefficient (Wildman–Crippen LogP) is 0.963. The Balaban J connectivity index is 2.06. The van der Waals surface area contributed by atoms with Crippen LogP contribution in [0.15, 0.2) is 0 Å². The molecule has 2 nitrogen and oxygen atoms in total. The molecule has 1 unspecified atom stereocenters. The first-order chi connectivity index (χ1) is 5.47. The van der Waals surface area contributed by atoms with Gasteiger partial charge in [0.1, 0.15) is 12.8 Å². The summed E-state index contributed by atoms with van der Waals surface area (Å²) in [6.45, 7) is 2.49. The van der Waals surface area contributed by atoms with Crippen molar-refractivity contribution in [2.45, 2.75) is 38.3 Å². The van der Waals surface area contributed by atoms with Gasteiger partial charge in [0.05, 0.1) is 0 Å². The lowest BCUT2D eigenvalue weighted by Gasteiger charge is -2.20. The standard InChI is InChI=1S/C9H17N2/c1-2-5-9-10-6-4-8-11(9)7-3-1/h7,9-10H,1-6,8H2/q+1. The van der Waals surface area contributed by atoms with Crippen molar-refractivity contribution < 1.29 is 4.58 Å². The van der Waals surface area contributed by atoms with E-state index >= 15 is 0 Å². The molecule has 0 aromatic heterocycles. The molecule has 0 saturated carbocycles. The molecule has 1 fully saturated rings. The fourth-order valence-electron chi connectivity index (χ4n) is 2.03. The van der Waals surface area contributed by atoms with Gasteiger partial charge in [-0.05, 0) is 12.8 Å². The molecule has 2 aliphatic heterocycles. The maximum Gasteiger partial charge on any atom is 0.206 e. The Morgan fingerprint density at radius 1 is 1.27 bits per heavy atom. The molecule has 62 valence electrons. The smallest absolute Gasteiger partial charge is 0.206 e. The van der Waals surface area contributed by atoms with Gasteiger partial charge in [-0.25, -0.2) is 4.58 Å². The Hall–Kier alpha value is -0.370. The normalized spacial score (nSPS) is 32.0. The summed E-state index contributed by atoms with van der Waals surface area (Å²) in [5.41, 5.74) is 0. The molecule has 1 N–H and O–H groups in total. The molecule has 0 radical (unpaired) electrons. The van der Waals surface area contributed by atoms with E-state index in [-0.39, 0.29) is 0 Å². The van der Waals surface area contributed by atoms with Crippen molar-refractivity contribution in [1.82, 2.24) is 5.32 Å². The van der Waals surface area contributed by atoms with Crippen LogP contribution in [0.3, 0.4) is 0 Å². The zero-order valence-electron chi connectivity index (χ0n) is 7.05. The average Bonchev–Trinajstić information content (AvgIpc) is 2.28. The van der Waals surface area contributed by atoms with E-state index < -0.39 is 0 Å². The summed E-state index contributed by atoms with van der Waals surface area (Å²) in [5.74, 6) is 0. The summed E-state index contributed by atoms with van der Waals surface area (Å²) < 4.78 is 2.50. The van der Waals surface area contributed by atoms with E-state index in [0.29, 0.717) is 6.17 Å². The van der Waals surface area contributed by atoms with Crippen LogP contribution in [-0.4, -0.2) is 30.0 Å². The summed E-state index contributed by atoms with van der Waals surface area (Å²) in [4.78, 5) is 0. The molecule has 0 aromatic rings. The van der Waals surface area contributed by atoms with E-state index in [1.807, 2.05) is 0 Å². The SMILES string of the molecule is C1=[N+]2CCCNC2CCCC1. The van der Waals surface area contributed by atoms with Gasteiger partial charge in [-0.3, -0.25) is 5.32 Å². The fourth-order valence-corrected chi connectivity index (χ4v) is 2.03. The summed E-state index contributed by atoms with van der Waals surface area (Å²) in [6.07, 6.45) is 9.79. The summed E-state index contributed by atoms with van der Waals surface area (Å²) in [5, 5.41) is 3.56. The Bertz CT molecular complexity index is 163. The molecular weight excluding hydrogens is 136 g/mol. The monoisotopic (exact) mass is 153 g/mol. The zero-order chi connectivity index (χ0) is 7.52. The largest absolute Gasteiger partial charge is 0.259 e. The minimum atomic E-state index is 0.672. The number of nitrogens with one attached hydrogen (secondary N) is 1. The molecule has 1 atom stereocenters. The van der Waals surface area contributed by atoms with Crippen LogP contribution in [0, 0.1) is 0 Å². The lowest BCUT2D eigenvalue weighted by Crippen LogP contribution is -2.45. The second-order valence-corrected chi connectivity index (χ2v) is 3.53. The third-order valence-electron chi connectivity index (χ3n) is 2.67. The van der Waals surface area contributed by atoms with Crippen LogP contribution in [-0.2, 0) is 0 Å². The Morgan fingerprint density at radius 3 is 3.27 bits per heavy atom. The first kappa shape index (κ1) is 7.29. The average molecular weight is 153 g/mol. The lowest BCUT2D eigenvalue weighted by atomic mass is 10.2. The summed E-state index contributed by atoms with van der Waals surface area (Å²) >= 11 is 0. The third kappa shape index (κ3) is 1.62. The number of hydrogen-bond acceptors (Lipinski definition) is 1. The Morgan fingerprint density at radius 2 is 2.27 bits per heavy atom. The number of hydrogen-bond donors (Lipinski definition) is 1. The molecule has 11 heavy (non-hydrogen) atoms. The van der Waals surface area contributed by atoms with Gasteiger partial charge >= 0.3 is 0 Å². The second-order valence-electron chi connectivity index (χ2n) is 3.53. The molecule has 2 rings (SSSR count). The molecule has 0 aliphatic carbocycles. The van der Waals surface area contributed by atoms with Gasteiger partial charge in [-0.15, -0.1) is 0 Å². The van der Waals surface area contributed by atoms with Crippen molar-refractivity contribution in [2.24, 2.45) is 0 Å². The van der Waals surface area contributed by atoms with E-state index in [4.69, 9.17) is 0 Å². The molecule has 1 saturated heterocycles.